The molecule has 19 nitrogen and oxygen atoms in total. The van der Waals surface area contributed by atoms with Crippen LogP contribution in [0.2, 0.25) is 0 Å². The van der Waals surface area contributed by atoms with Gasteiger partial charge in [0.05, 0.1) is 22.2 Å². The van der Waals surface area contributed by atoms with Crippen LogP contribution >= 0.6 is 0 Å². The number of nitrogens with zero attached hydrogens (tertiary/aromatic N) is 3. The highest BCUT2D eigenvalue weighted by Gasteiger charge is 2.28. The third-order valence-corrected chi connectivity index (χ3v) is 8.92. The summed E-state index contributed by atoms with van der Waals surface area (Å²) in [6, 6.07) is 4.43. The average Bonchev–Trinajstić information content (AvgIpc) is 2.81. The van der Waals surface area contributed by atoms with Crippen molar-refractivity contribution in [1.29, 1.82) is 0 Å². The van der Waals surface area contributed by atoms with Crippen LogP contribution in [-0.4, -0.2) is 74.8 Å². The highest BCUT2D eigenvalue weighted by molar-refractivity contribution is 7.91. The van der Waals surface area contributed by atoms with Crippen LogP contribution in [0.4, 0.5) is 17.1 Å². The number of azo groups is 1. The topological polar surface area (TPSA) is 315 Å². The molecule has 0 aliphatic carbocycles. The summed E-state index contributed by atoms with van der Waals surface area (Å²) in [5.41, 5.74) is -3.49. The number of nitro groups is 1. The summed E-state index contributed by atoms with van der Waals surface area (Å²) in [6.45, 7) is -1.13. The third kappa shape index (κ3) is 7.09. The van der Waals surface area contributed by atoms with E-state index in [1.165, 1.54) is 0 Å². The van der Waals surface area contributed by atoms with Crippen molar-refractivity contribution in [3.8, 4) is 11.5 Å². The van der Waals surface area contributed by atoms with Gasteiger partial charge in [0.1, 0.15) is 21.2 Å². The van der Waals surface area contributed by atoms with Gasteiger partial charge in [0, 0.05) is 11.5 Å². The van der Waals surface area contributed by atoms with Crippen LogP contribution in [0, 0.1) is 10.1 Å². The Morgan fingerprint density at radius 2 is 1.44 bits per heavy atom. The maximum absolute atomic E-state index is 12.6. The van der Waals surface area contributed by atoms with Crippen LogP contribution in [0.15, 0.2) is 61.3 Å². The van der Waals surface area contributed by atoms with Gasteiger partial charge in [0.2, 0.25) is 5.75 Å². The number of benzene rings is 3. The molecule has 0 aliphatic heterocycles. The molecule has 41 heavy (non-hydrogen) atoms. The van der Waals surface area contributed by atoms with Crippen molar-refractivity contribution in [3.63, 3.8) is 0 Å². The van der Waals surface area contributed by atoms with Crippen molar-refractivity contribution >= 4 is 68.3 Å². The molecule has 3 aromatic rings. The Morgan fingerprint density at radius 3 is 1.98 bits per heavy atom. The summed E-state index contributed by atoms with van der Waals surface area (Å²) in [4.78, 5) is 7.08. The molecule has 0 aliphatic rings. The molecule has 0 atom stereocenters. The Balaban J connectivity index is 2.29. The molecule has 5 N–H and O–H groups in total. The van der Waals surface area contributed by atoms with Gasteiger partial charge in [0.15, 0.2) is 15.6 Å². The molecule has 0 unspecified atom stereocenters. The second-order valence-corrected chi connectivity index (χ2v) is 13.7. The maximum atomic E-state index is 12.6. The molecular weight excluding hydrogens is 642 g/mol. The Labute approximate surface area is 229 Å². The first-order valence-electron chi connectivity index (χ1n) is 10.1. The van der Waals surface area contributed by atoms with Crippen molar-refractivity contribution in [2.75, 3.05) is 12.4 Å². The molecule has 222 valence electrons. The second-order valence-electron chi connectivity index (χ2n) is 7.71. The molecule has 0 amide bonds. The lowest BCUT2D eigenvalue weighted by Crippen LogP contribution is -2.15. The number of rotatable bonds is 10. The first-order chi connectivity index (χ1) is 18.6. The van der Waals surface area contributed by atoms with Crippen molar-refractivity contribution in [2.45, 2.75) is 14.7 Å². The lowest BCUT2D eigenvalue weighted by molar-refractivity contribution is -0.386. The van der Waals surface area contributed by atoms with Gasteiger partial charge < -0.3 is 10.2 Å². The van der Waals surface area contributed by atoms with Gasteiger partial charge in [-0.05, 0) is 23.6 Å². The zero-order chi connectivity index (χ0) is 31.1. The fraction of sp³-hybridized carbons (Fsp3) is 0.111. The Hall–Kier alpha value is -3.84. The third-order valence-electron chi connectivity index (χ3n) is 5.04. The first-order valence-corrected chi connectivity index (χ1v) is 16.0. The normalized spacial score (nSPS) is 13.1. The minimum atomic E-state index is -5.26. The van der Waals surface area contributed by atoms with Crippen LogP contribution in [0.1, 0.15) is 0 Å². The van der Waals surface area contributed by atoms with Crippen LogP contribution in [-0.2, 0) is 44.7 Å². The Morgan fingerprint density at radius 1 is 0.829 bits per heavy atom. The SMILES string of the molecule is O=[N+]([O-])c1cc(S(=O)(=O)CCOS(=O)(=O)O)cc(/N=N/c2c(S(=O)(=O)O)cc3cccc(S(=O)(=O)O)c3c2O)c1O. The summed E-state index contributed by atoms with van der Waals surface area (Å²) in [7, 11) is -20.0. The summed E-state index contributed by atoms with van der Waals surface area (Å²) in [5, 5.41) is 38.0. The van der Waals surface area contributed by atoms with Crippen molar-refractivity contribution in [2.24, 2.45) is 10.2 Å². The molecule has 23 heteroatoms. The fourth-order valence-electron chi connectivity index (χ4n) is 3.32. The molecule has 3 rings (SSSR count). The smallest absolute Gasteiger partial charge is 0.397 e. The van der Waals surface area contributed by atoms with E-state index in [9.17, 15) is 63.1 Å². The van der Waals surface area contributed by atoms with E-state index in [1.54, 1.807) is 0 Å². The van der Waals surface area contributed by atoms with Crippen LogP contribution in [0.3, 0.4) is 0 Å². The van der Waals surface area contributed by atoms with Crippen LogP contribution < -0.4 is 0 Å². The quantitative estimate of drug-likeness (QED) is 0.0895. The van der Waals surface area contributed by atoms with Gasteiger partial charge in [-0.1, -0.05) is 12.1 Å². The lowest BCUT2D eigenvalue weighted by atomic mass is 10.1. The minimum absolute atomic E-state index is 0.331. The molecule has 0 bridgehead atoms. The van der Waals surface area contributed by atoms with Crippen molar-refractivity contribution in [3.05, 3.63) is 46.5 Å². The molecule has 0 saturated heterocycles. The van der Waals surface area contributed by atoms with E-state index < -0.39 is 106 Å². The summed E-state index contributed by atoms with van der Waals surface area (Å²) in [6.07, 6.45) is 0. The van der Waals surface area contributed by atoms with Crippen molar-refractivity contribution < 1.29 is 66.6 Å². The summed E-state index contributed by atoms with van der Waals surface area (Å²) < 4.78 is 126. The molecule has 0 saturated carbocycles. The number of phenols is 2. The van der Waals surface area contributed by atoms with Crippen LogP contribution in [0.5, 0.6) is 11.5 Å². The van der Waals surface area contributed by atoms with E-state index in [0.717, 1.165) is 18.2 Å². The maximum Gasteiger partial charge on any atom is 0.397 e. The zero-order valence-corrected chi connectivity index (χ0v) is 22.8. The molecule has 0 fully saturated rings. The standard InChI is InChI=1S/C18H15N3O16S4/c22-17-11(7-10(8-12(17)21(24)25)38(26,27)5-4-37-41(34,35)36)19-20-16-14(40(31,32)33)6-9-2-1-3-13(39(28,29)30)15(9)18(16)23/h1-3,6-8,22-23H,4-5H2,(H,28,29,30)(H,31,32,33)(H,34,35,36)/b20-19+. The minimum Gasteiger partial charge on any atom is -0.505 e. The number of phenolic OH excluding ortho intramolecular Hbond substituents is 2. The van der Waals surface area contributed by atoms with Crippen molar-refractivity contribution in [1.82, 2.24) is 0 Å². The van der Waals surface area contributed by atoms with E-state index in [0.29, 0.717) is 18.2 Å². The lowest BCUT2D eigenvalue weighted by Gasteiger charge is -2.11. The molecule has 0 aromatic heterocycles. The number of nitro benzene ring substituents is 1. The second kappa shape index (κ2) is 10.9. The number of sulfone groups is 1. The average molecular weight is 658 g/mol. The molecule has 0 radical (unpaired) electrons. The summed E-state index contributed by atoms with van der Waals surface area (Å²) in [5.74, 6) is -3.77. The largest absolute Gasteiger partial charge is 0.505 e. The monoisotopic (exact) mass is 657 g/mol. The predicted octanol–water partition coefficient (Wildman–Crippen LogP) is 1.66. The highest BCUT2D eigenvalue weighted by atomic mass is 32.3. The van der Waals surface area contributed by atoms with Gasteiger partial charge in [-0.3, -0.25) is 23.8 Å². The molecule has 0 spiro atoms. The Bertz CT molecular complexity index is 2060. The van der Waals surface area contributed by atoms with Gasteiger partial charge in [-0.2, -0.15) is 25.3 Å². The zero-order valence-electron chi connectivity index (χ0n) is 19.6. The van der Waals surface area contributed by atoms with E-state index in [-0.39, 0.29) is 5.39 Å². The molecular formula is C18H15N3O16S4. The van der Waals surface area contributed by atoms with E-state index in [2.05, 4.69) is 14.4 Å². The number of hydrogen-bond acceptors (Lipinski definition) is 15. The first kappa shape index (κ1) is 31.7. The van der Waals surface area contributed by atoms with E-state index in [1.807, 2.05) is 0 Å². The predicted molar refractivity (Wildman–Crippen MR) is 134 cm³/mol. The van der Waals surface area contributed by atoms with Gasteiger partial charge in [-0.15, -0.1) is 10.2 Å². The molecule has 0 heterocycles. The summed E-state index contributed by atoms with van der Waals surface area (Å²) >= 11 is 0. The number of fused-ring (bicyclic) bond motifs is 1. The van der Waals surface area contributed by atoms with Gasteiger partial charge in [0.25, 0.3) is 20.2 Å². The van der Waals surface area contributed by atoms with Gasteiger partial charge in [-0.25, -0.2) is 12.6 Å². The number of hydrogen-bond donors (Lipinski definition) is 5. The van der Waals surface area contributed by atoms with Gasteiger partial charge >= 0.3 is 16.1 Å². The fourth-order valence-corrected chi connectivity index (χ4v) is 6.22. The van der Waals surface area contributed by atoms with E-state index in [4.69, 9.17) is 4.55 Å². The van der Waals surface area contributed by atoms with Crippen LogP contribution in [0.25, 0.3) is 10.8 Å². The van der Waals surface area contributed by atoms with E-state index >= 15 is 0 Å². The Kier molecular flexibility index (Phi) is 8.39. The highest BCUT2D eigenvalue weighted by Crippen LogP contribution is 2.45. The number of aromatic hydroxyl groups is 2. The molecule has 3 aromatic carbocycles.